The van der Waals surface area contributed by atoms with Gasteiger partial charge in [0.25, 0.3) is 0 Å². The largest absolute Gasteiger partial charge is 0.347 e. The van der Waals surface area contributed by atoms with E-state index in [2.05, 4.69) is 56.1 Å². The van der Waals surface area contributed by atoms with Gasteiger partial charge in [-0.2, -0.15) is 0 Å². The first-order valence-electron chi connectivity index (χ1n) is 11.2. The molecular weight excluding hydrogens is 422 g/mol. The summed E-state index contributed by atoms with van der Waals surface area (Å²) in [4.78, 5) is 32.8. The van der Waals surface area contributed by atoms with Crippen LogP contribution in [0.1, 0.15) is 23.4 Å². The van der Waals surface area contributed by atoms with Gasteiger partial charge in [-0.05, 0) is 38.0 Å². The molecule has 0 unspecified atom stereocenters. The molecule has 0 spiro atoms. The maximum Gasteiger partial charge on any atom is 0.309 e. The maximum atomic E-state index is 12.5. The van der Waals surface area contributed by atoms with Crippen LogP contribution in [-0.2, 0) is 16.1 Å². The van der Waals surface area contributed by atoms with E-state index in [-0.39, 0.29) is 12.1 Å². The second-order valence-electron chi connectivity index (χ2n) is 8.58. The Bertz CT molecular complexity index is 835. The molecule has 1 aliphatic rings. The summed E-state index contributed by atoms with van der Waals surface area (Å²) < 4.78 is 0. The molecule has 32 heavy (non-hydrogen) atoms. The molecule has 3 rings (SSSR count). The van der Waals surface area contributed by atoms with Crippen LogP contribution >= 0.6 is 11.3 Å². The number of piperazine rings is 1. The number of likely N-dealkylation sites (N-methyl/N-ethyl adjacent to an activating group) is 1. The maximum absolute atomic E-state index is 12.5. The molecule has 0 aliphatic carbocycles. The van der Waals surface area contributed by atoms with Crippen molar-refractivity contribution in [3.05, 3.63) is 58.3 Å². The quantitative estimate of drug-likeness (QED) is 0.562. The molecule has 0 bridgehead atoms. The molecule has 174 valence electrons. The van der Waals surface area contributed by atoms with E-state index in [0.29, 0.717) is 13.1 Å². The molecule has 2 atom stereocenters. The minimum absolute atomic E-state index is 0.0485. The fraction of sp³-hybridized carbons (Fsp3) is 0.500. The van der Waals surface area contributed by atoms with E-state index in [1.807, 2.05) is 38.1 Å². The van der Waals surface area contributed by atoms with Crippen LogP contribution in [0.5, 0.6) is 0 Å². The van der Waals surface area contributed by atoms with Crippen molar-refractivity contribution in [2.45, 2.75) is 25.6 Å². The summed E-state index contributed by atoms with van der Waals surface area (Å²) in [5.41, 5.74) is 1.33. The van der Waals surface area contributed by atoms with Crippen LogP contribution in [0.25, 0.3) is 0 Å². The lowest BCUT2D eigenvalue weighted by atomic mass is 10.0. The van der Waals surface area contributed by atoms with Gasteiger partial charge in [0.05, 0.1) is 6.04 Å². The molecule has 8 heteroatoms. The molecular formula is C24H35N5O2S. The summed E-state index contributed by atoms with van der Waals surface area (Å²) in [6.07, 6.45) is 0. The zero-order chi connectivity index (χ0) is 22.9. The van der Waals surface area contributed by atoms with E-state index in [1.165, 1.54) is 10.4 Å². The Morgan fingerprint density at radius 3 is 2.38 bits per heavy atom. The standard InChI is InChI=1S/C24H35N5O2S/c1-19(26-24(31)23(30)25-11-12-27(2)3)22(21-10-7-17-32-21)29-15-13-28(14-16-29)18-20-8-5-4-6-9-20/h4-10,17,19,22H,11-16,18H2,1-3H3,(H,25,30)(H,26,31)/t19-,22+/m0/s1. The third-order valence-corrected chi connectivity index (χ3v) is 6.71. The van der Waals surface area contributed by atoms with Gasteiger partial charge in [0.2, 0.25) is 0 Å². The predicted molar refractivity (Wildman–Crippen MR) is 130 cm³/mol. The number of rotatable bonds is 9. The van der Waals surface area contributed by atoms with Gasteiger partial charge in [-0.1, -0.05) is 36.4 Å². The normalized spacial score (nSPS) is 17.1. The molecule has 2 N–H and O–H groups in total. The van der Waals surface area contributed by atoms with Crippen LogP contribution in [0.15, 0.2) is 47.8 Å². The molecule has 2 amide bonds. The van der Waals surface area contributed by atoms with Crippen LogP contribution in [0.2, 0.25) is 0 Å². The summed E-state index contributed by atoms with van der Waals surface area (Å²) in [6, 6.07) is 14.6. The number of hydrogen-bond donors (Lipinski definition) is 2. The van der Waals surface area contributed by atoms with Crippen molar-refractivity contribution >= 4 is 23.2 Å². The Balaban J connectivity index is 1.57. The Labute approximate surface area is 195 Å². The molecule has 0 radical (unpaired) electrons. The van der Waals surface area contributed by atoms with Gasteiger partial charge in [-0.3, -0.25) is 19.4 Å². The number of nitrogens with one attached hydrogen (secondary N) is 2. The van der Waals surface area contributed by atoms with Crippen molar-refractivity contribution in [2.24, 2.45) is 0 Å². The van der Waals surface area contributed by atoms with Crippen LogP contribution in [-0.4, -0.2) is 85.9 Å². The predicted octanol–water partition coefficient (Wildman–Crippen LogP) is 1.79. The second-order valence-corrected chi connectivity index (χ2v) is 9.56. The average molecular weight is 458 g/mol. The van der Waals surface area contributed by atoms with Gasteiger partial charge < -0.3 is 15.5 Å². The van der Waals surface area contributed by atoms with E-state index >= 15 is 0 Å². The van der Waals surface area contributed by atoms with Crippen LogP contribution in [0.4, 0.5) is 0 Å². The molecule has 1 fully saturated rings. The molecule has 2 heterocycles. The van der Waals surface area contributed by atoms with Crippen molar-refractivity contribution in [2.75, 3.05) is 53.4 Å². The summed E-state index contributed by atoms with van der Waals surface area (Å²) in [5.74, 6) is -1.14. The van der Waals surface area contributed by atoms with Crippen molar-refractivity contribution in [3.8, 4) is 0 Å². The number of thiophene rings is 1. The average Bonchev–Trinajstić information content (AvgIpc) is 3.29. The molecule has 1 aromatic carbocycles. The lowest BCUT2D eigenvalue weighted by Crippen LogP contribution is -2.53. The Morgan fingerprint density at radius 1 is 1.03 bits per heavy atom. The zero-order valence-corrected chi connectivity index (χ0v) is 20.1. The molecule has 7 nitrogen and oxygen atoms in total. The number of carbonyl (C=O) groups is 2. The number of amides is 2. The third kappa shape index (κ3) is 7.13. The van der Waals surface area contributed by atoms with Crippen molar-refractivity contribution in [1.82, 2.24) is 25.3 Å². The van der Waals surface area contributed by atoms with Crippen molar-refractivity contribution < 1.29 is 9.59 Å². The minimum Gasteiger partial charge on any atom is -0.347 e. The van der Waals surface area contributed by atoms with Crippen molar-refractivity contribution in [1.29, 1.82) is 0 Å². The first kappa shape index (κ1) is 24.4. The highest BCUT2D eigenvalue weighted by Gasteiger charge is 2.31. The molecule has 1 saturated heterocycles. The first-order chi connectivity index (χ1) is 15.4. The van der Waals surface area contributed by atoms with Gasteiger partial charge in [0.15, 0.2) is 0 Å². The van der Waals surface area contributed by atoms with Crippen LogP contribution in [0.3, 0.4) is 0 Å². The summed E-state index contributed by atoms with van der Waals surface area (Å²) >= 11 is 1.70. The fourth-order valence-corrected chi connectivity index (χ4v) is 5.03. The van der Waals surface area contributed by atoms with Gasteiger partial charge in [-0.25, -0.2) is 0 Å². The fourth-order valence-electron chi connectivity index (χ4n) is 4.07. The summed E-state index contributed by atoms with van der Waals surface area (Å²) in [6.45, 7) is 7.88. The van der Waals surface area contributed by atoms with Crippen LogP contribution in [0, 0.1) is 0 Å². The van der Waals surface area contributed by atoms with E-state index in [9.17, 15) is 9.59 Å². The second kappa shape index (κ2) is 12.1. The SMILES string of the molecule is C[C@H](NC(=O)C(=O)NCCN(C)C)[C@H](c1cccs1)N1CCN(Cc2ccccc2)CC1. The Morgan fingerprint density at radius 2 is 1.75 bits per heavy atom. The van der Waals surface area contributed by atoms with Crippen LogP contribution < -0.4 is 10.6 Å². The number of nitrogens with zero attached hydrogens (tertiary/aromatic N) is 3. The summed E-state index contributed by atoms with van der Waals surface area (Å²) in [7, 11) is 3.86. The van der Waals surface area contributed by atoms with E-state index < -0.39 is 11.8 Å². The molecule has 1 aliphatic heterocycles. The van der Waals surface area contributed by atoms with E-state index in [0.717, 1.165) is 32.7 Å². The first-order valence-corrected chi connectivity index (χ1v) is 12.1. The van der Waals surface area contributed by atoms with Gasteiger partial charge in [-0.15, -0.1) is 11.3 Å². The lowest BCUT2D eigenvalue weighted by molar-refractivity contribution is -0.139. The molecule has 0 saturated carbocycles. The number of carbonyl (C=O) groups excluding carboxylic acids is 2. The highest BCUT2D eigenvalue weighted by Crippen LogP contribution is 2.29. The lowest BCUT2D eigenvalue weighted by Gasteiger charge is -2.41. The van der Waals surface area contributed by atoms with Gasteiger partial charge >= 0.3 is 11.8 Å². The Hall–Kier alpha value is -2.26. The molecule has 2 aromatic rings. The topological polar surface area (TPSA) is 67.9 Å². The van der Waals surface area contributed by atoms with E-state index in [4.69, 9.17) is 0 Å². The monoisotopic (exact) mass is 457 g/mol. The van der Waals surface area contributed by atoms with E-state index in [1.54, 1.807) is 11.3 Å². The van der Waals surface area contributed by atoms with Gasteiger partial charge in [0, 0.05) is 56.7 Å². The zero-order valence-electron chi connectivity index (χ0n) is 19.3. The third-order valence-electron chi connectivity index (χ3n) is 5.77. The number of benzene rings is 1. The highest BCUT2D eigenvalue weighted by atomic mass is 32.1. The number of hydrogen-bond acceptors (Lipinski definition) is 6. The smallest absolute Gasteiger partial charge is 0.309 e. The van der Waals surface area contributed by atoms with Crippen molar-refractivity contribution in [3.63, 3.8) is 0 Å². The highest BCUT2D eigenvalue weighted by molar-refractivity contribution is 7.10. The van der Waals surface area contributed by atoms with Gasteiger partial charge in [0.1, 0.15) is 0 Å². The molecule has 1 aromatic heterocycles. The minimum atomic E-state index is -0.573. The Kier molecular flexibility index (Phi) is 9.23. The summed E-state index contributed by atoms with van der Waals surface area (Å²) in [5, 5.41) is 7.70.